The predicted octanol–water partition coefficient (Wildman–Crippen LogP) is 5.79. The van der Waals surface area contributed by atoms with Gasteiger partial charge in [0.15, 0.2) is 0 Å². The zero-order chi connectivity index (χ0) is 28.8. The van der Waals surface area contributed by atoms with E-state index >= 15 is 0 Å². The fraction of sp³-hybridized carbons (Fsp3) is 0.720. The second-order valence-corrected chi connectivity index (χ2v) is 10.9. The third-order valence-electron chi connectivity index (χ3n) is 8.28. The molecule has 0 amide bonds. The van der Waals surface area contributed by atoms with Crippen molar-refractivity contribution < 1.29 is 49.4 Å². The standard InChI is InChI=1S/C25H30F9N3O2/c26-23(27,28)18-4-3-16(19(12-18)37-8-1-2-17(14-37)20(38)39)13-35-9-5-22(15-35)6-10-36(11-7-22)21(24(29,30)31)25(32,33)34/h3-4,12,17,21H,1-2,5-11,13-15H2,(H,38,39). The molecule has 0 bridgehead atoms. The molecule has 3 aliphatic heterocycles. The summed E-state index contributed by atoms with van der Waals surface area (Å²) >= 11 is 0. The Bertz CT molecular complexity index is 1020. The van der Waals surface area contributed by atoms with E-state index < -0.39 is 47.4 Å². The van der Waals surface area contributed by atoms with Gasteiger partial charge in [0.25, 0.3) is 0 Å². The highest BCUT2D eigenvalue weighted by Gasteiger charge is 2.60. The molecule has 4 rings (SSSR count). The quantitative estimate of drug-likeness (QED) is 0.451. The molecule has 1 unspecified atom stereocenters. The molecule has 3 aliphatic rings. The number of carbonyl (C=O) groups is 1. The van der Waals surface area contributed by atoms with Gasteiger partial charge in [0.2, 0.25) is 6.04 Å². The van der Waals surface area contributed by atoms with Crippen LogP contribution in [0.1, 0.15) is 43.2 Å². The summed E-state index contributed by atoms with van der Waals surface area (Å²) in [4.78, 5) is 15.6. The van der Waals surface area contributed by atoms with Gasteiger partial charge in [0, 0.05) is 31.9 Å². The summed E-state index contributed by atoms with van der Waals surface area (Å²) in [5.41, 5.74) is -0.459. The molecule has 1 N–H and O–H groups in total. The van der Waals surface area contributed by atoms with Gasteiger partial charge in [-0.25, -0.2) is 0 Å². The average molecular weight is 576 g/mol. The maximum absolute atomic E-state index is 13.5. The first-order chi connectivity index (χ1) is 18.0. The monoisotopic (exact) mass is 575 g/mol. The molecule has 3 fully saturated rings. The van der Waals surface area contributed by atoms with Crippen LogP contribution in [0.2, 0.25) is 0 Å². The van der Waals surface area contributed by atoms with Crippen molar-refractivity contribution in [1.82, 2.24) is 9.80 Å². The van der Waals surface area contributed by atoms with Gasteiger partial charge in [0.1, 0.15) is 0 Å². The number of nitrogens with zero attached hydrogens (tertiary/aromatic N) is 3. The smallest absolute Gasteiger partial charge is 0.416 e. The lowest BCUT2D eigenvalue weighted by atomic mass is 9.77. The van der Waals surface area contributed by atoms with Gasteiger partial charge in [-0.3, -0.25) is 14.6 Å². The summed E-state index contributed by atoms with van der Waals surface area (Å²) in [6, 6.07) is -0.143. The molecule has 0 radical (unpaired) electrons. The molecule has 39 heavy (non-hydrogen) atoms. The highest BCUT2D eigenvalue weighted by Crippen LogP contribution is 2.45. The van der Waals surface area contributed by atoms with E-state index in [1.54, 1.807) is 4.90 Å². The molecule has 0 saturated carbocycles. The number of carboxylic acid groups (broad SMARTS) is 1. The SMILES string of the molecule is O=C(O)C1CCCN(c2cc(C(F)(F)F)ccc2CN2CCC3(CCN(C(C(F)(F)F)C(F)(F)F)CC3)C2)C1. The molecule has 0 aromatic heterocycles. The Hall–Kier alpha value is -2.22. The third-order valence-corrected chi connectivity index (χ3v) is 8.28. The molecule has 0 aliphatic carbocycles. The van der Waals surface area contributed by atoms with Crippen LogP contribution in [0.3, 0.4) is 0 Å². The minimum atomic E-state index is -5.43. The summed E-state index contributed by atoms with van der Waals surface area (Å²) in [6.45, 7) is 0.907. The number of anilines is 1. The Morgan fingerprint density at radius 1 is 0.949 bits per heavy atom. The van der Waals surface area contributed by atoms with Gasteiger partial charge in [-0.1, -0.05) is 6.07 Å². The first kappa shape index (κ1) is 29.8. The number of hydrogen-bond acceptors (Lipinski definition) is 4. The number of alkyl halides is 9. The van der Waals surface area contributed by atoms with Crippen LogP contribution < -0.4 is 4.90 Å². The summed E-state index contributed by atoms with van der Waals surface area (Å²) in [5.74, 6) is -1.72. The molecule has 3 heterocycles. The number of aliphatic carboxylic acids is 1. The average Bonchev–Trinajstić information content (AvgIpc) is 3.20. The van der Waals surface area contributed by atoms with Crippen LogP contribution in [0.25, 0.3) is 0 Å². The highest BCUT2D eigenvalue weighted by molar-refractivity contribution is 5.71. The summed E-state index contributed by atoms with van der Waals surface area (Å²) in [6.07, 6.45) is -13.7. The van der Waals surface area contributed by atoms with E-state index in [1.807, 2.05) is 4.90 Å². The first-order valence-electron chi connectivity index (χ1n) is 12.8. The number of hydrogen-bond donors (Lipinski definition) is 1. The van der Waals surface area contributed by atoms with E-state index in [0.29, 0.717) is 55.0 Å². The fourth-order valence-corrected chi connectivity index (χ4v) is 6.23. The van der Waals surface area contributed by atoms with Crippen LogP contribution >= 0.6 is 0 Å². The van der Waals surface area contributed by atoms with Crippen molar-refractivity contribution in [3.8, 4) is 0 Å². The Balaban J connectivity index is 1.48. The summed E-state index contributed by atoms with van der Waals surface area (Å²) in [5, 5.41) is 9.43. The van der Waals surface area contributed by atoms with Gasteiger partial charge in [-0.2, -0.15) is 39.5 Å². The summed E-state index contributed by atoms with van der Waals surface area (Å²) in [7, 11) is 0. The summed E-state index contributed by atoms with van der Waals surface area (Å²) < 4.78 is 119. The van der Waals surface area contributed by atoms with Crippen molar-refractivity contribution >= 4 is 11.7 Å². The molecule has 1 atom stereocenters. The largest absolute Gasteiger partial charge is 0.481 e. The van der Waals surface area contributed by atoms with E-state index in [4.69, 9.17) is 0 Å². The van der Waals surface area contributed by atoms with Gasteiger partial charge in [0.05, 0.1) is 11.5 Å². The number of likely N-dealkylation sites (tertiary alicyclic amines) is 2. The van der Waals surface area contributed by atoms with Crippen molar-refractivity contribution in [3.63, 3.8) is 0 Å². The lowest BCUT2D eigenvalue weighted by Gasteiger charge is -2.43. The molecule has 3 saturated heterocycles. The molecule has 1 spiro atoms. The molecular weight excluding hydrogens is 545 g/mol. The van der Waals surface area contributed by atoms with Crippen LogP contribution in [0.5, 0.6) is 0 Å². The molecule has 14 heteroatoms. The van der Waals surface area contributed by atoms with Crippen molar-refractivity contribution in [3.05, 3.63) is 29.3 Å². The van der Waals surface area contributed by atoms with Crippen LogP contribution in [0.4, 0.5) is 45.2 Å². The van der Waals surface area contributed by atoms with Crippen molar-refractivity contribution in [1.29, 1.82) is 0 Å². The second kappa shape index (κ2) is 10.6. The van der Waals surface area contributed by atoms with Gasteiger partial charge in [-0.15, -0.1) is 0 Å². The Morgan fingerprint density at radius 2 is 1.56 bits per heavy atom. The highest BCUT2D eigenvalue weighted by atomic mass is 19.4. The molecular formula is C25H30F9N3O2. The zero-order valence-electron chi connectivity index (χ0n) is 21.0. The Kier molecular flexibility index (Phi) is 8.12. The number of halogens is 9. The van der Waals surface area contributed by atoms with E-state index in [2.05, 4.69) is 0 Å². The van der Waals surface area contributed by atoms with Crippen LogP contribution in [0.15, 0.2) is 18.2 Å². The third kappa shape index (κ3) is 6.75. The van der Waals surface area contributed by atoms with Crippen LogP contribution in [-0.4, -0.2) is 78.5 Å². The lowest BCUT2D eigenvalue weighted by molar-refractivity contribution is -0.290. The normalized spacial score (nSPS) is 23.6. The van der Waals surface area contributed by atoms with E-state index in [9.17, 15) is 49.4 Å². The van der Waals surface area contributed by atoms with Gasteiger partial charge >= 0.3 is 24.5 Å². The van der Waals surface area contributed by atoms with Gasteiger partial charge < -0.3 is 10.0 Å². The minimum absolute atomic E-state index is 0.0724. The van der Waals surface area contributed by atoms with E-state index in [-0.39, 0.29) is 39.0 Å². The topological polar surface area (TPSA) is 47.0 Å². The van der Waals surface area contributed by atoms with E-state index in [1.165, 1.54) is 6.07 Å². The number of benzene rings is 1. The number of rotatable bonds is 5. The minimum Gasteiger partial charge on any atom is -0.481 e. The van der Waals surface area contributed by atoms with E-state index in [0.717, 1.165) is 12.1 Å². The number of piperidine rings is 2. The zero-order valence-corrected chi connectivity index (χ0v) is 21.0. The first-order valence-corrected chi connectivity index (χ1v) is 12.8. The maximum atomic E-state index is 13.5. The van der Waals surface area contributed by atoms with Crippen molar-refractivity contribution in [2.75, 3.05) is 44.2 Å². The molecule has 5 nitrogen and oxygen atoms in total. The van der Waals surface area contributed by atoms with Crippen LogP contribution in [0, 0.1) is 11.3 Å². The van der Waals surface area contributed by atoms with Crippen LogP contribution in [-0.2, 0) is 17.5 Å². The Morgan fingerprint density at radius 3 is 2.13 bits per heavy atom. The number of carboxylic acids is 1. The van der Waals surface area contributed by atoms with Gasteiger partial charge in [-0.05, 0) is 74.8 Å². The lowest BCUT2D eigenvalue weighted by Crippen LogP contribution is -2.58. The fourth-order valence-electron chi connectivity index (χ4n) is 6.23. The second-order valence-electron chi connectivity index (χ2n) is 10.9. The molecule has 1 aromatic carbocycles. The Labute approximate surface area is 219 Å². The maximum Gasteiger partial charge on any atom is 0.416 e. The predicted molar refractivity (Wildman–Crippen MR) is 123 cm³/mol. The van der Waals surface area contributed by atoms with Crippen molar-refractivity contribution in [2.24, 2.45) is 11.3 Å². The molecule has 220 valence electrons. The van der Waals surface area contributed by atoms with Crippen molar-refractivity contribution in [2.45, 2.75) is 63.2 Å². The molecule has 1 aromatic rings.